The van der Waals surface area contributed by atoms with E-state index in [1.807, 2.05) is 24.3 Å². The number of carbonyl (C=O) groups excluding carboxylic acids is 2. The van der Waals surface area contributed by atoms with Gasteiger partial charge in [-0.3, -0.25) is 9.69 Å². The van der Waals surface area contributed by atoms with Gasteiger partial charge in [0.25, 0.3) is 0 Å². The van der Waals surface area contributed by atoms with Crippen LogP contribution in [0.4, 0.5) is 11.4 Å². The molecule has 1 aromatic rings. The van der Waals surface area contributed by atoms with Gasteiger partial charge in [-0.2, -0.15) is 0 Å². The van der Waals surface area contributed by atoms with Crippen LogP contribution in [0.15, 0.2) is 24.3 Å². The van der Waals surface area contributed by atoms with Crippen LogP contribution >= 0.6 is 0 Å². The molecule has 0 spiro atoms. The van der Waals surface area contributed by atoms with Gasteiger partial charge in [0.15, 0.2) is 0 Å². The minimum atomic E-state index is -0.271. The Morgan fingerprint density at radius 1 is 1.04 bits per heavy atom. The minimum Gasteiger partial charge on any atom is -0.464 e. The molecule has 2 fully saturated rings. The van der Waals surface area contributed by atoms with E-state index < -0.39 is 0 Å². The smallest absolute Gasteiger partial charge is 0.328 e. The molecule has 6 heteroatoms. The van der Waals surface area contributed by atoms with E-state index in [0.29, 0.717) is 19.6 Å². The Kier molecular flexibility index (Phi) is 6.28. The molecule has 6 nitrogen and oxygen atoms in total. The largest absolute Gasteiger partial charge is 0.464 e. The zero-order chi connectivity index (χ0) is 17.5. The van der Waals surface area contributed by atoms with E-state index in [9.17, 15) is 9.59 Å². The number of anilines is 2. The van der Waals surface area contributed by atoms with Gasteiger partial charge < -0.3 is 15.4 Å². The molecular formula is C19H27N3O3. The van der Waals surface area contributed by atoms with Gasteiger partial charge in [0.05, 0.1) is 13.2 Å². The predicted molar refractivity (Wildman–Crippen MR) is 97.6 cm³/mol. The van der Waals surface area contributed by atoms with E-state index in [0.717, 1.165) is 24.5 Å². The summed E-state index contributed by atoms with van der Waals surface area (Å²) in [5, 5.41) is 6.11. The molecule has 2 heterocycles. The Bertz CT molecular complexity index is 580. The highest BCUT2D eigenvalue weighted by atomic mass is 16.5. The third-order valence-electron chi connectivity index (χ3n) is 4.76. The SMILES string of the molecule is O=C(CN1CCCCCCC1)Nc1ccc(NC2CCOC2=O)cc1. The maximum Gasteiger partial charge on any atom is 0.328 e. The summed E-state index contributed by atoms with van der Waals surface area (Å²) in [6.45, 7) is 2.94. The zero-order valence-corrected chi connectivity index (χ0v) is 14.6. The van der Waals surface area contributed by atoms with Crippen LogP contribution in [0.1, 0.15) is 38.5 Å². The average Bonchev–Trinajstić information content (AvgIpc) is 2.97. The first-order chi connectivity index (χ1) is 12.2. The predicted octanol–water partition coefficient (Wildman–Crippen LogP) is 2.62. The van der Waals surface area contributed by atoms with Crippen molar-refractivity contribution in [3.05, 3.63) is 24.3 Å². The summed E-state index contributed by atoms with van der Waals surface area (Å²) in [6, 6.07) is 7.18. The van der Waals surface area contributed by atoms with Crippen LogP contribution in [0.3, 0.4) is 0 Å². The highest BCUT2D eigenvalue weighted by Crippen LogP contribution is 2.18. The average molecular weight is 345 g/mol. The number of esters is 1. The molecule has 0 aliphatic carbocycles. The first-order valence-corrected chi connectivity index (χ1v) is 9.26. The molecule has 1 amide bonds. The van der Waals surface area contributed by atoms with Crippen molar-refractivity contribution in [1.29, 1.82) is 0 Å². The van der Waals surface area contributed by atoms with Crippen molar-refractivity contribution in [2.45, 2.75) is 44.6 Å². The van der Waals surface area contributed by atoms with Crippen LogP contribution in [0.2, 0.25) is 0 Å². The second kappa shape index (κ2) is 8.85. The lowest BCUT2D eigenvalue weighted by molar-refractivity contribution is -0.138. The Balaban J connectivity index is 1.47. The standard InChI is InChI=1S/C19H27N3O3/c23-18(14-22-11-4-2-1-3-5-12-22)21-16-8-6-15(7-9-16)20-17-10-13-25-19(17)24/h6-9,17,20H,1-5,10-14H2,(H,21,23). The quantitative estimate of drug-likeness (QED) is 0.803. The van der Waals surface area contributed by atoms with Crippen molar-refractivity contribution in [3.8, 4) is 0 Å². The summed E-state index contributed by atoms with van der Waals surface area (Å²) in [5.74, 6) is -0.175. The van der Waals surface area contributed by atoms with E-state index in [1.54, 1.807) is 0 Å². The van der Waals surface area contributed by atoms with Crippen molar-refractivity contribution < 1.29 is 14.3 Å². The molecule has 0 radical (unpaired) electrons. The summed E-state index contributed by atoms with van der Waals surface area (Å²) < 4.78 is 4.94. The Hall–Kier alpha value is -2.08. The van der Waals surface area contributed by atoms with Crippen molar-refractivity contribution in [3.63, 3.8) is 0 Å². The van der Waals surface area contributed by atoms with Gasteiger partial charge in [-0.05, 0) is 50.2 Å². The minimum absolute atomic E-state index is 0.0284. The number of nitrogens with one attached hydrogen (secondary N) is 2. The maximum absolute atomic E-state index is 12.3. The number of hydrogen-bond donors (Lipinski definition) is 2. The topological polar surface area (TPSA) is 70.7 Å². The van der Waals surface area contributed by atoms with E-state index >= 15 is 0 Å². The summed E-state index contributed by atoms with van der Waals surface area (Å²) in [6.07, 6.45) is 6.89. The number of carbonyl (C=O) groups is 2. The molecule has 3 rings (SSSR count). The second-order valence-corrected chi connectivity index (χ2v) is 6.82. The maximum atomic E-state index is 12.3. The van der Waals surface area contributed by atoms with Gasteiger partial charge in [0.2, 0.25) is 5.91 Å². The van der Waals surface area contributed by atoms with E-state index in [4.69, 9.17) is 4.74 Å². The van der Waals surface area contributed by atoms with E-state index in [-0.39, 0.29) is 17.9 Å². The Morgan fingerprint density at radius 3 is 2.32 bits per heavy atom. The molecule has 25 heavy (non-hydrogen) atoms. The van der Waals surface area contributed by atoms with Crippen LogP contribution < -0.4 is 10.6 Å². The normalized spacial score (nSPS) is 21.9. The lowest BCUT2D eigenvalue weighted by atomic mass is 10.1. The lowest BCUT2D eigenvalue weighted by Crippen LogP contribution is -2.35. The number of amides is 1. The van der Waals surface area contributed by atoms with Crippen molar-refractivity contribution in [1.82, 2.24) is 4.90 Å². The third kappa shape index (κ3) is 5.46. The van der Waals surface area contributed by atoms with E-state index in [2.05, 4.69) is 15.5 Å². The van der Waals surface area contributed by atoms with Gasteiger partial charge >= 0.3 is 5.97 Å². The molecule has 2 N–H and O–H groups in total. The van der Waals surface area contributed by atoms with Crippen LogP contribution in [0.5, 0.6) is 0 Å². The lowest BCUT2D eigenvalue weighted by Gasteiger charge is -2.23. The highest BCUT2D eigenvalue weighted by molar-refractivity contribution is 5.92. The third-order valence-corrected chi connectivity index (χ3v) is 4.76. The zero-order valence-electron chi connectivity index (χ0n) is 14.6. The molecule has 2 aliphatic heterocycles. The van der Waals surface area contributed by atoms with Gasteiger partial charge in [0.1, 0.15) is 6.04 Å². The molecule has 2 saturated heterocycles. The molecule has 1 aromatic carbocycles. The highest BCUT2D eigenvalue weighted by Gasteiger charge is 2.26. The van der Waals surface area contributed by atoms with Crippen LogP contribution in [-0.2, 0) is 14.3 Å². The fraction of sp³-hybridized carbons (Fsp3) is 0.579. The molecule has 2 aliphatic rings. The van der Waals surface area contributed by atoms with Gasteiger partial charge in [0, 0.05) is 17.8 Å². The number of likely N-dealkylation sites (tertiary alicyclic amines) is 1. The molecule has 0 saturated carbocycles. The number of hydrogen-bond acceptors (Lipinski definition) is 5. The first-order valence-electron chi connectivity index (χ1n) is 9.26. The van der Waals surface area contributed by atoms with Gasteiger partial charge in [-0.25, -0.2) is 4.79 Å². The Labute approximate surface area is 148 Å². The monoisotopic (exact) mass is 345 g/mol. The second-order valence-electron chi connectivity index (χ2n) is 6.82. The molecule has 1 atom stereocenters. The summed E-state index contributed by atoms with van der Waals surface area (Å²) in [4.78, 5) is 26.0. The van der Waals surface area contributed by atoms with Crippen molar-refractivity contribution in [2.75, 3.05) is 36.9 Å². The van der Waals surface area contributed by atoms with E-state index in [1.165, 1.54) is 32.1 Å². The van der Waals surface area contributed by atoms with Crippen LogP contribution in [-0.4, -0.2) is 49.1 Å². The summed E-state index contributed by atoms with van der Waals surface area (Å²) >= 11 is 0. The molecule has 1 unspecified atom stereocenters. The summed E-state index contributed by atoms with van der Waals surface area (Å²) in [5.41, 5.74) is 1.63. The fourth-order valence-corrected chi connectivity index (χ4v) is 3.35. The molecular weight excluding hydrogens is 318 g/mol. The van der Waals surface area contributed by atoms with Gasteiger partial charge in [-0.1, -0.05) is 19.3 Å². The molecule has 136 valence electrons. The fourth-order valence-electron chi connectivity index (χ4n) is 3.35. The molecule has 0 aromatic heterocycles. The molecule has 0 bridgehead atoms. The van der Waals surface area contributed by atoms with Crippen molar-refractivity contribution >= 4 is 23.3 Å². The Morgan fingerprint density at radius 2 is 1.68 bits per heavy atom. The van der Waals surface area contributed by atoms with Crippen molar-refractivity contribution in [2.24, 2.45) is 0 Å². The van der Waals surface area contributed by atoms with Crippen LogP contribution in [0, 0.1) is 0 Å². The number of cyclic esters (lactones) is 1. The number of benzene rings is 1. The number of ether oxygens (including phenoxy) is 1. The first kappa shape index (κ1) is 17.7. The number of rotatable bonds is 5. The summed E-state index contributed by atoms with van der Waals surface area (Å²) in [7, 11) is 0. The number of nitrogens with zero attached hydrogens (tertiary/aromatic N) is 1. The van der Waals surface area contributed by atoms with Gasteiger partial charge in [-0.15, -0.1) is 0 Å². The van der Waals surface area contributed by atoms with Crippen LogP contribution in [0.25, 0.3) is 0 Å².